The first-order chi connectivity index (χ1) is 11.6. The Labute approximate surface area is 139 Å². The van der Waals surface area contributed by atoms with E-state index < -0.39 is 0 Å². The molecule has 126 valence electrons. The molecule has 2 rings (SSSR count). The Hall–Kier alpha value is -3.16. The van der Waals surface area contributed by atoms with Gasteiger partial charge in [0.15, 0.2) is 0 Å². The van der Waals surface area contributed by atoms with E-state index in [1.807, 2.05) is 32.0 Å². The number of anilines is 1. The van der Waals surface area contributed by atoms with Crippen LogP contribution in [0.15, 0.2) is 34.8 Å². The molecule has 24 heavy (non-hydrogen) atoms. The Kier molecular flexibility index (Phi) is 5.67. The number of nitrogens with zero attached hydrogens (tertiary/aromatic N) is 4. The number of oxime groups is 2. The molecule has 0 unspecified atom stereocenters. The zero-order valence-electron chi connectivity index (χ0n) is 14.0. The van der Waals surface area contributed by atoms with E-state index in [0.29, 0.717) is 11.3 Å². The second kappa shape index (κ2) is 7.91. The van der Waals surface area contributed by atoms with Crippen molar-refractivity contribution in [2.75, 3.05) is 20.0 Å². The van der Waals surface area contributed by atoms with Gasteiger partial charge in [-0.1, -0.05) is 10.3 Å². The van der Waals surface area contributed by atoms with Crippen LogP contribution < -0.4 is 10.5 Å². The van der Waals surface area contributed by atoms with Gasteiger partial charge in [0.25, 0.3) is 0 Å². The third-order valence-electron chi connectivity index (χ3n) is 3.20. The lowest BCUT2D eigenvalue weighted by Gasteiger charge is -2.11. The summed E-state index contributed by atoms with van der Waals surface area (Å²) in [6, 6.07) is 5.59. The number of benzene rings is 1. The third-order valence-corrected chi connectivity index (χ3v) is 3.20. The van der Waals surface area contributed by atoms with Gasteiger partial charge >= 0.3 is 0 Å². The van der Waals surface area contributed by atoms with Crippen molar-refractivity contribution in [3.05, 3.63) is 41.2 Å². The molecule has 0 aliphatic carbocycles. The van der Waals surface area contributed by atoms with Gasteiger partial charge in [0.1, 0.15) is 37.7 Å². The summed E-state index contributed by atoms with van der Waals surface area (Å²) in [4.78, 5) is 17.5. The SMILES string of the molecule is CON=Cc1c(N)ncnc1Oc1ccc(C(C)=NOC)c(C)c1. The van der Waals surface area contributed by atoms with Crippen LogP contribution in [0.1, 0.15) is 23.6 Å². The van der Waals surface area contributed by atoms with Crippen molar-refractivity contribution in [3.8, 4) is 11.6 Å². The smallest absolute Gasteiger partial charge is 0.233 e. The molecule has 0 fully saturated rings. The van der Waals surface area contributed by atoms with Crippen molar-refractivity contribution in [1.82, 2.24) is 9.97 Å². The van der Waals surface area contributed by atoms with Gasteiger partial charge in [0, 0.05) is 5.56 Å². The lowest BCUT2D eigenvalue weighted by Crippen LogP contribution is -2.03. The van der Waals surface area contributed by atoms with Crippen LogP contribution in [-0.2, 0) is 9.68 Å². The van der Waals surface area contributed by atoms with E-state index in [0.717, 1.165) is 16.8 Å². The molecular weight excluding hydrogens is 310 g/mol. The van der Waals surface area contributed by atoms with Gasteiger partial charge in [-0.25, -0.2) is 9.97 Å². The summed E-state index contributed by atoms with van der Waals surface area (Å²) in [6.07, 6.45) is 2.73. The molecule has 8 heteroatoms. The number of ether oxygens (including phenoxy) is 1. The monoisotopic (exact) mass is 329 g/mol. The molecule has 0 amide bonds. The molecule has 0 saturated carbocycles. The van der Waals surface area contributed by atoms with Crippen molar-refractivity contribution in [2.45, 2.75) is 13.8 Å². The quantitative estimate of drug-likeness (QED) is 0.645. The van der Waals surface area contributed by atoms with Crippen molar-refractivity contribution in [2.24, 2.45) is 10.3 Å². The van der Waals surface area contributed by atoms with Crippen LogP contribution in [0.2, 0.25) is 0 Å². The first-order valence-electron chi connectivity index (χ1n) is 7.10. The van der Waals surface area contributed by atoms with Crippen LogP contribution in [0, 0.1) is 6.92 Å². The number of nitrogen functional groups attached to an aromatic ring is 1. The van der Waals surface area contributed by atoms with E-state index in [1.165, 1.54) is 26.8 Å². The predicted molar refractivity (Wildman–Crippen MR) is 91.5 cm³/mol. The standard InChI is InChI=1S/C16H19N5O3/c1-10-7-12(5-6-13(10)11(2)21-23-4)24-16-14(8-20-22-3)15(17)18-9-19-16/h5-9H,1-4H3,(H2,17,18,19). The summed E-state index contributed by atoms with van der Waals surface area (Å²) in [6.45, 7) is 3.83. The summed E-state index contributed by atoms with van der Waals surface area (Å²) < 4.78 is 5.81. The van der Waals surface area contributed by atoms with Gasteiger partial charge < -0.3 is 20.1 Å². The fourth-order valence-corrected chi connectivity index (χ4v) is 2.10. The van der Waals surface area contributed by atoms with Crippen molar-refractivity contribution in [3.63, 3.8) is 0 Å². The van der Waals surface area contributed by atoms with E-state index in [2.05, 4.69) is 25.1 Å². The summed E-state index contributed by atoms with van der Waals surface area (Å²) in [5.74, 6) is 1.14. The fraction of sp³-hybridized carbons (Fsp3) is 0.250. The largest absolute Gasteiger partial charge is 0.438 e. The number of hydrogen-bond acceptors (Lipinski definition) is 8. The molecule has 0 aliphatic heterocycles. The molecule has 1 aromatic carbocycles. The number of hydrogen-bond donors (Lipinski definition) is 1. The van der Waals surface area contributed by atoms with Crippen molar-refractivity contribution >= 4 is 17.7 Å². The molecule has 1 heterocycles. The van der Waals surface area contributed by atoms with Crippen LogP contribution in [0.4, 0.5) is 5.82 Å². The molecule has 0 radical (unpaired) electrons. The minimum atomic E-state index is 0.247. The topological polar surface area (TPSA) is 104 Å². The van der Waals surface area contributed by atoms with Crippen LogP contribution in [0.25, 0.3) is 0 Å². The van der Waals surface area contributed by atoms with Crippen LogP contribution in [-0.4, -0.2) is 36.1 Å². The molecule has 2 N–H and O–H groups in total. The first-order valence-corrected chi connectivity index (χ1v) is 7.10. The fourth-order valence-electron chi connectivity index (χ4n) is 2.10. The first kappa shape index (κ1) is 17.2. The summed E-state index contributed by atoms with van der Waals surface area (Å²) in [5.41, 5.74) is 9.01. The highest BCUT2D eigenvalue weighted by Crippen LogP contribution is 2.26. The van der Waals surface area contributed by atoms with Crippen LogP contribution >= 0.6 is 0 Å². The van der Waals surface area contributed by atoms with E-state index in [-0.39, 0.29) is 11.7 Å². The lowest BCUT2D eigenvalue weighted by molar-refractivity contribution is 0.213. The summed E-state index contributed by atoms with van der Waals surface area (Å²) >= 11 is 0. The van der Waals surface area contributed by atoms with E-state index in [1.54, 1.807) is 0 Å². The Balaban J connectivity index is 2.33. The van der Waals surface area contributed by atoms with Gasteiger partial charge in [0.2, 0.25) is 5.88 Å². The second-order valence-corrected chi connectivity index (χ2v) is 4.83. The molecule has 0 atom stereocenters. The van der Waals surface area contributed by atoms with E-state index in [9.17, 15) is 0 Å². The molecule has 0 saturated heterocycles. The summed E-state index contributed by atoms with van der Waals surface area (Å²) in [5, 5.41) is 7.62. The Morgan fingerprint density at radius 2 is 2.00 bits per heavy atom. The highest BCUT2D eigenvalue weighted by Gasteiger charge is 2.11. The lowest BCUT2D eigenvalue weighted by atomic mass is 10.1. The minimum absolute atomic E-state index is 0.247. The number of nitrogens with two attached hydrogens (primary N) is 1. The predicted octanol–water partition coefficient (Wildman–Crippen LogP) is 2.51. The minimum Gasteiger partial charge on any atom is -0.438 e. The molecule has 0 spiro atoms. The Morgan fingerprint density at radius 3 is 2.67 bits per heavy atom. The van der Waals surface area contributed by atoms with Gasteiger partial charge in [-0.3, -0.25) is 0 Å². The van der Waals surface area contributed by atoms with Crippen LogP contribution in [0.3, 0.4) is 0 Å². The molecule has 2 aromatic rings. The Bertz CT molecular complexity index is 774. The zero-order chi connectivity index (χ0) is 17.5. The van der Waals surface area contributed by atoms with E-state index in [4.69, 9.17) is 15.3 Å². The highest BCUT2D eigenvalue weighted by molar-refractivity contribution is 5.99. The second-order valence-electron chi connectivity index (χ2n) is 4.83. The maximum atomic E-state index is 5.84. The van der Waals surface area contributed by atoms with Crippen molar-refractivity contribution < 1.29 is 14.4 Å². The summed E-state index contributed by atoms with van der Waals surface area (Å²) in [7, 11) is 2.95. The zero-order valence-corrected chi connectivity index (χ0v) is 14.0. The van der Waals surface area contributed by atoms with Gasteiger partial charge in [-0.2, -0.15) is 0 Å². The molecule has 0 bridgehead atoms. The number of aromatic nitrogens is 2. The van der Waals surface area contributed by atoms with E-state index >= 15 is 0 Å². The van der Waals surface area contributed by atoms with Gasteiger partial charge in [-0.05, 0) is 37.6 Å². The molecule has 0 aliphatic rings. The van der Waals surface area contributed by atoms with Crippen molar-refractivity contribution in [1.29, 1.82) is 0 Å². The van der Waals surface area contributed by atoms with Gasteiger partial charge in [-0.15, -0.1) is 0 Å². The average molecular weight is 329 g/mol. The maximum absolute atomic E-state index is 5.84. The number of rotatable bonds is 6. The average Bonchev–Trinajstić information content (AvgIpc) is 2.54. The highest BCUT2D eigenvalue weighted by atomic mass is 16.6. The number of aryl methyl sites for hydroxylation is 1. The maximum Gasteiger partial charge on any atom is 0.233 e. The van der Waals surface area contributed by atoms with Crippen LogP contribution in [0.5, 0.6) is 11.6 Å². The van der Waals surface area contributed by atoms with Gasteiger partial charge in [0.05, 0.1) is 11.9 Å². The third kappa shape index (κ3) is 3.97. The normalized spacial score (nSPS) is 11.6. The molecule has 1 aromatic heterocycles. The molecular formula is C16H19N5O3. The molecule has 8 nitrogen and oxygen atoms in total. The Morgan fingerprint density at radius 1 is 1.21 bits per heavy atom.